The molecule has 174 valence electrons. The minimum Gasteiger partial charge on any atom is -0.347 e. The first-order valence-electron chi connectivity index (χ1n) is 12.2. The molecular formula is C24H48O4S. The van der Waals surface area contributed by atoms with E-state index in [0.29, 0.717) is 18.6 Å². The van der Waals surface area contributed by atoms with Crippen LogP contribution >= 0.6 is 11.5 Å². The second kappa shape index (κ2) is 20.6. The maximum atomic E-state index is 11.5. The summed E-state index contributed by atoms with van der Waals surface area (Å²) < 4.78 is 10.6. The molecule has 0 aliphatic heterocycles. The molecule has 0 saturated heterocycles. The molecule has 0 fully saturated rings. The van der Waals surface area contributed by atoms with Gasteiger partial charge in [0.25, 0.3) is 0 Å². The van der Waals surface area contributed by atoms with Gasteiger partial charge in [-0.3, -0.25) is 9.59 Å². The quantitative estimate of drug-likeness (QED) is 0.157. The van der Waals surface area contributed by atoms with Crippen LogP contribution in [-0.4, -0.2) is 17.7 Å². The third kappa shape index (κ3) is 20.3. The molecule has 0 aromatic rings. The normalized spacial score (nSPS) is 11.6. The van der Waals surface area contributed by atoms with Gasteiger partial charge in [0, 0.05) is 12.8 Å². The maximum absolute atomic E-state index is 11.5. The molecule has 0 radical (unpaired) electrons. The van der Waals surface area contributed by atoms with Crippen LogP contribution in [0, 0.1) is 5.92 Å². The van der Waals surface area contributed by atoms with Gasteiger partial charge in [-0.15, -0.1) is 11.5 Å². The average Bonchev–Trinajstić information content (AvgIpc) is 2.70. The predicted molar refractivity (Wildman–Crippen MR) is 126 cm³/mol. The molecule has 0 aliphatic rings. The molecule has 0 aliphatic carbocycles. The zero-order valence-electron chi connectivity index (χ0n) is 19.7. The monoisotopic (exact) mass is 432 g/mol. The Morgan fingerprint density at radius 2 is 0.966 bits per heavy atom. The standard InChI is InChI=1S/C24H48O4S/c1-5-23(25)27-29(28-24(26)6-2)21-19-17-15-13-11-9-7-8-10-12-14-16-18-20-22(3)4/h22,29H,5-21H2,1-4H3. The van der Waals surface area contributed by atoms with Crippen LogP contribution in [-0.2, 0) is 18.0 Å². The van der Waals surface area contributed by atoms with E-state index in [-0.39, 0.29) is 11.9 Å². The van der Waals surface area contributed by atoms with Crippen LogP contribution < -0.4 is 0 Å². The van der Waals surface area contributed by atoms with Gasteiger partial charge in [0.1, 0.15) is 0 Å². The number of hydrogen-bond donors (Lipinski definition) is 1. The lowest BCUT2D eigenvalue weighted by atomic mass is 10.0. The SMILES string of the molecule is CCC(=O)O[SH](CCCCCCCCCCCCCCCC(C)C)OC(=O)CC. The summed E-state index contributed by atoms with van der Waals surface area (Å²) in [4.78, 5) is 22.9. The van der Waals surface area contributed by atoms with Crippen molar-refractivity contribution in [3.8, 4) is 0 Å². The van der Waals surface area contributed by atoms with Crippen molar-refractivity contribution in [1.29, 1.82) is 0 Å². The first kappa shape index (κ1) is 28.3. The van der Waals surface area contributed by atoms with Gasteiger partial charge >= 0.3 is 11.9 Å². The van der Waals surface area contributed by atoms with E-state index in [1.165, 1.54) is 77.0 Å². The topological polar surface area (TPSA) is 52.6 Å². The molecule has 0 aromatic heterocycles. The van der Waals surface area contributed by atoms with E-state index in [0.717, 1.165) is 18.8 Å². The van der Waals surface area contributed by atoms with Crippen LogP contribution in [0.1, 0.15) is 130 Å². The van der Waals surface area contributed by atoms with Crippen LogP contribution in [0.3, 0.4) is 0 Å². The first-order valence-corrected chi connectivity index (χ1v) is 13.5. The summed E-state index contributed by atoms with van der Waals surface area (Å²) in [6.07, 6.45) is 19.0. The van der Waals surface area contributed by atoms with Crippen molar-refractivity contribution in [1.82, 2.24) is 0 Å². The molecule has 4 nitrogen and oxygen atoms in total. The van der Waals surface area contributed by atoms with E-state index in [1.54, 1.807) is 13.8 Å². The van der Waals surface area contributed by atoms with Crippen LogP contribution in [0.2, 0.25) is 0 Å². The largest absolute Gasteiger partial charge is 0.347 e. The second-order valence-electron chi connectivity index (χ2n) is 8.47. The van der Waals surface area contributed by atoms with Crippen LogP contribution in [0.15, 0.2) is 0 Å². The summed E-state index contributed by atoms with van der Waals surface area (Å²) >= 11 is -1.39. The predicted octanol–water partition coefficient (Wildman–Crippen LogP) is 7.84. The summed E-state index contributed by atoms with van der Waals surface area (Å²) in [5.41, 5.74) is 0. The Kier molecular flexibility index (Phi) is 20.1. The van der Waals surface area contributed by atoms with Crippen LogP contribution in [0.25, 0.3) is 0 Å². The van der Waals surface area contributed by atoms with Crippen molar-refractivity contribution < 1.29 is 18.0 Å². The third-order valence-corrected chi connectivity index (χ3v) is 6.60. The molecule has 0 bridgehead atoms. The number of hydrogen-bond acceptors (Lipinski definition) is 4. The first-order chi connectivity index (χ1) is 14.0. The van der Waals surface area contributed by atoms with Gasteiger partial charge < -0.3 is 8.37 Å². The van der Waals surface area contributed by atoms with Crippen LogP contribution in [0.5, 0.6) is 0 Å². The Hall–Kier alpha value is -0.710. The molecular weight excluding hydrogens is 384 g/mol. The fraction of sp³-hybridized carbons (Fsp3) is 0.917. The van der Waals surface area contributed by atoms with E-state index < -0.39 is 11.5 Å². The molecule has 0 aromatic carbocycles. The van der Waals surface area contributed by atoms with Gasteiger partial charge in [-0.25, -0.2) is 0 Å². The lowest BCUT2D eigenvalue weighted by molar-refractivity contribution is -0.136. The highest BCUT2D eigenvalue weighted by Gasteiger charge is 2.11. The maximum Gasteiger partial charge on any atom is 0.328 e. The number of carbonyl (C=O) groups excluding carboxylic acids is 2. The van der Waals surface area contributed by atoms with E-state index in [2.05, 4.69) is 13.8 Å². The van der Waals surface area contributed by atoms with E-state index in [9.17, 15) is 9.59 Å². The summed E-state index contributed by atoms with van der Waals surface area (Å²) in [6.45, 7) is 8.13. The highest BCUT2D eigenvalue weighted by atomic mass is 32.2. The molecule has 0 unspecified atom stereocenters. The third-order valence-electron chi connectivity index (χ3n) is 5.11. The summed E-state index contributed by atoms with van der Waals surface area (Å²) in [5.74, 6) is 0.963. The molecule has 0 amide bonds. The van der Waals surface area contributed by atoms with E-state index >= 15 is 0 Å². The zero-order valence-corrected chi connectivity index (χ0v) is 20.6. The molecule has 0 saturated carbocycles. The van der Waals surface area contributed by atoms with Crippen molar-refractivity contribution in [2.75, 3.05) is 5.75 Å². The average molecular weight is 433 g/mol. The van der Waals surface area contributed by atoms with Crippen molar-refractivity contribution in [3.63, 3.8) is 0 Å². The Balaban J connectivity index is 3.49. The fourth-order valence-electron chi connectivity index (χ4n) is 3.20. The summed E-state index contributed by atoms with van der Waals surface area (Å²) in [7, 11) is 0. The highest BCUT2D eigenvalue weighted by Crippen LogP contribution is 2.31. The van der Waals surface area contributed by atoms with Crippen LogP contribution in [0.4, 0.5) is 0 Å². The number of thiol groups is 1. The minimum absolute atomic E-state index is 0.282. The zero-order chi connectivity index (χ0) is 21.7. The summed E-state index contributed by atoms with van der Waals surface area (Å²) in [5, 5.41) is 0. The second-order valence-corrected chi connectivity index (χ2v) is 9.95. The molecule has 0 rings (SSSR count). The fourth-order valence-corrected chi connectivity index (χ4v) is 4.62. The number of carbonyl (C=O) groups is 2. The Morgan fingerprint density at radius 1 is 0.621 bits per heavy atom. The number of rotatable bonds is 20. The van der Waals surface area contributed by atoms with Gasteiger partial charge in [0.05, 0.1) is 5.75 Å². The molecule has 0 N–H and O–H groups in total. The molecule has 5 heteroatoms. The molecule has 0 spiro atoms. The van der Waals surface area contributed by atoms with Gasteiger partial charge in [0.2, 0.25) is 0 Å². The van der Waals surface area contributed by atoms with E-state index in [1.807, 2.05) is 0 Å². The molecule has 29 heavy (non-hydrogen) atoms. The lowest BCUT2D eigenvalue weighted by Crippen LogP contribution is -2.09. The van der Waals surface area contributed by atoms with Crippen molar-refractivity contribution in [2.24, 2.45) is 5.92 Å². The van der Waals surface area contributed by atoms with Crippen molar-refractivity contribution in [2.45, 2.75) is 130 Å². The van der Waals surface area contributed by atoms with Crippen molar-refractivity contribution in [3.05, 3.63) is 0 Å². The minimum atomic E-state index is -1.39. The van der Waals surface area contributed by atoms with Gasteiger partial charge in [-0.05, 0) is 12.3 Å². The van der Waals surface area contributed by atoms with E-state index in [4.69, 9.17) is 8.37 Å². The highest BCUT2D eigenvalue weighted by molar-refractivity contribution is 8.09. The van der Waals surface area contributed by atoms with Gasteiger partial charge in [-0.2, -0.15) is 0 Å². The summed E-state index contributed by atoms with van der Waals surface area (Å²) in [6, 6.07) is 0. The lowest BCUT2D eigenvalue weighted by Gasteiger charge is -2.24. The Bertz CT molecular complexity index is 380. The van der Waals surface area contributed by atoms with Gasteiger partial charge in [-0.1, -0.05) is 111 Å². The number of unbranched alkanes of at least 4 members (excludes halogenated alkanes) is 12. The van der Waals surface area contributed by atoms with Gasteiger partial charge in [0.15, 0.2) is 0 Å². The molecule has 0 heterocycles. The van der Waals surface area contributed by atoms with Crippen molar-refractivity contribution >= 4 is 23.4 Å². The molecule has 0 atom stereocenters. The smallest absolute Gasteiger partial charge is 0.328 e. The Morgan fingerprint density at radius 3 is 1.31 bits per heavy atom. The Labute approximate surface area is 183 Å².